The molecule has 0 saturated heterocycles. The van der Waals surface area contributed by atoms with Gasteiger partial charge >= 0.3 is 0 Å². The zero-order chi connectivity index (χ0) is 28.2. The topological polar surface area (TPSA) is 120 Å². The van der Waals surface area contributed by atoms with Crippen molar-refractivity contribution in [1.82, 2.24) is 15.0 Å². The zero-order valence-electron chi connectivity index (χ0n) is 23.9. The Morgan fingerprint density at radius 2 is 1.36 bits per heavy atom. The van der Waals surface area contributed by atoms with Crippen molar-refractivity contribution in [3.63, 3.8) is 0 Å². The molecule has 8 aliphatic rings. The second-order valence-corrected chi connectivity index (χ2v) is 15.1. The molecule has 2 amide bonds. The Morgan fingerprint density at radius 1 is 0.786 bits per heavy atom. The lowest BCUT2D eigenvalue weighted by atomic mass is 9.48. The van der Waals surface area contributed by atoms with Crippen molar-refractivity contribution in [2.75, 3.05) is 10.6 Å². The van der Waals surface area contributed by atoms with E-state index in [2.05, 4.69) is 20.6 Å². The third-order valence-corrected chi connectivity index (χ3v) is 12.3. The Bertz CT molecular complexity index is 1540. The first-order valence-corrected chi connectivity index (χ1v) is 16.1. The number of imidazole rings is 1. The summed E-state index contributed by atoms with van der Waals surface area (Å²) in [5, 5.41) is 16.9. The molecule has 2 atom stereocenters. The summed E-state index contributed by atoms with van der Waals surface area (Å²) in [6, 6.07) is 9.75. The number of amides is 2. The normalized spacial score (nSPS) is 39.1. The fraction of sp³-hybridized carbons (Fsp3) is 0.588. The van der Waals surface area contributed by atoms with Crippen LogP contribution in [0, 0.1) is 46.3 Å². The molecule has 8 aliphatic carbocycles. The van der Waals surface area contributed by atoms with Gasteiger partial charge in [-0.1, -0.05) is 0 Å². The molecule has 2 heterocycles. The van der Waals surface area contributed by atoms with Crippen LogP contribution in [0.25, 0.3) is 22.4 Å². The van der Waals surface area contributed by atoms with Gasteiger partial charge in [-0.25, -0.2) is 9.97 Å². The van der Waals surface area contributed by atoms with E-state index in [0.29, 0.717) is 11.7 Å². The van der Waals surface area contributed by atoms with Crippen LogP contribution in [0.2, 0.25) is 0 Å². The number of aromatic amines is 1. The fourth-order valence-corrected chi connectivity index (χ4v) is 11.0. The molecule has 8 bridgehead atoms. The molecule has 0 aliphatic heterocycles. The number of hydrogen-bond donors (Lipinski definition) is 4. The zero-order valence-corrected chi connectivity index (χ0v) is 23.9. The Morgan fingerprint density at radius 3 is 2.00 bits per heavy atom. The number of carbonyl (C=O) groups is 2. The molecule has 1 aromatic carbocycles. The second kappa shape index (κ2) is 8.88. The van der Waals surface area contributed by atoms with Crippen molar-refractivity contribution in [2.24, 2.45) is 46.3 Å². The third-order valence-electron chi connectivity index (χ3n) is 12.3. The van der Waals surface area contributed by atoms with E-state index in [1.54, 1.807) is 6.20 Å². The number of carbonyl (C=O) groups excluding carboxylic acids is 2. The van der Waals surface area contributed by atoms with Crippen molar-refractivity contribution < 1.29 is 14.7 Å². The number of pyridine rings is 1. The van der Waals surface area contributed by atoms with E-state index >= 15 is 0 Å². The molecule has 2 unspecified atom stereocenters. The summed E-state index contributed by atoms with van der Waals surface area (Å²) in [6.07, 6.45) is 13.2. The van der Waals surface area contributed by atoms with Crippen molar-refractivity contribution in [1.29, 1.82) is 0 Å². The van der Waals surface area contributed by atoms with Crippen LogP contribution in [0.5, 0.6) is 0 Å². The van der Waals surface area contributed by atoms with E-state index in [4.69, 9.17) is 4.98 Å². The number of nitrogens with one attached hydrogen (secondary N) is 3. The summed E-state index contributed by atoms with van der Waals surface area (Å²) < 4.78 is 0. The van der Waals surface area contributed by atoms with Gasteiger partial charge in [0.2, 0.25) is 11.8 Å². The quantitative estimate of drug-likeness (QED) is 0.307. The molecule has 8 fully saturated rings. The monoisotopic (exact) mass is 565 g/mol. The summed E-state index contributed by atoms with van der Waals surface area (Å²) in [6.45, 7) is 0. The van der Waals surface area contributed by atoms with Crippen LogP contribution in [-0.2, 0) is 9.59 Å². The van der Waals surface area contributed by atoms with Gasteiger partial charge in [0.1, 0.15) is 11.6 Å². The van der Waals surface area contributed by atoms with Gasteiger partial charge in [-0.05, 0) is 130 Å². The minimum absolute atomic E-state index is 0.0441. The Labute approximate surface area is 245 Å². The summed E-state index contributed by atoms with van der Waals surface area (Å²) in [7, 11) is 0. The molecule has 4 N–H and O–H groups in total. The van der Waals surface area contributed by atoms with E-state index < -0.39 is 0 Å². The molecule has 8 nitrogen and oxygen atoms in total. The first kappa shape index (κ1) is 25.3. The molecule has 0 radical (unpaired) electrons. The van der Waals surface area contributed by atoms with Crippen LogP contribution in [0.4, 0.5) is 11.5 Å². The van der Waals surface area contributed by atoms with E-state index in [1.807, 2.05) is 30.3 Å². The van der Waals surface area contributed by atoms with Crippen LogP contribution in [0.15, 0.2) is 36.5 Å². The van der Waals surface area contributed by atoms with Gasteiger partial charge in [0, 0.05) is 17.3 Å². The summed E-state index contributed by atoms with van der Waals surface area (Å²) in [4.78, 5) is 39.7. The van der Waals surface area contributed by atoms with Crippen LogP contribution >= 0.6 is 0 Å². The van der Waals surface area contributed by atoms with Gasteiger partial charge in [-0.3, -0.25) is 9.59 Å². The lowest BCUT2D eigenvalue weighted by Crippen LogP contribution is -2.57. The average molecular weight is 566 g/mol. The van der Waals surface area contributed by atoms with Crippen LogP contribution in [0.3, 0.4) is 0 Å². The van der Waals surface area contributed by atoms with Gasteiger partial charge in [-0.2, -0.15) is 0 Å². The van der Waals surface area contributed by atoms with Crippen molar-refractivity contribution in [3.8, 4) is 11.4 Å². The van der Waals surface area contributed by atoms with Gasteiger partial charge < -0.3 is 20.7 Å². The largest absolute Gasteiger partial charge is 0.393 e. The van der Waals surface area contributed by atoms with Gasteiger partial charge in [0.25, 0.3) is 0 Å². The first-order chi connectivity index (χ1) is 20.3. The molecule has 11 rings (SSSR count). The van der Waals surface area contributed by atoms with Crippen LogP contribution in [0.1, 0.15) is 70.6 Å². The molecule has 8 saturated carbocycles. The minimum Gasteiger partial charge on any atom is -0.393 e. The number of fused-ring (bicyclic) bond motifs is 1. The Hall–Kier alpha value is -3.26. The van der Waals surface area contributed by atoms with Crippen LogP contribution in [-0.4, -0.2) is 38.0 Å². The molecular formula is C34H39N5O3. The lowest BCUT2D eigenvalue weighted by molar-refractivity contribution is -0.158. The number of benzene rings is 1. The molecule has 218 valence electrons. The minimum atomic E-state index is -0.379. The van der Waals surface area contributed by atoms with E-state index in [-0.39, 0.29) is 40.6 Å². The Balaban J connectivity index is 0.894. The lowest BCUT2D eigenvalue weighted by Gasteiger charge is -2.57. The molecular weight excluding hydrogens is 526 g/mol. The maximum absolute atomic E-state index is 13.5. The highest BCUT2D eigenvalue weighted by molar-refractivity contribution is 5.97. The van der Waals surface area contributed by atoms with Crippen molar-refractivity contribution >= 4 is 34.4 Å². The number of anilines is 2. The van der Waals surface area contributed by atoms with Gasteiger partial charge in [-0.15, -0.1) is 0 Å². The Kier molecular flexibility index (Phi) is 5.34. The van der Waals surface area contributed by atoms with E-state index in [0.717, 1.165) is 97.2 Å². The van der Waals surface area contributed by atoms with E-state index in [1.165, 1.54) is 19.3 Å². The highest BCUT2D eigenvalue weighted by Gasteiger charge is 2.58. The smallest absolute Gasteiger partial charge is 0.231 e. The maximum Gasteiger partial charge on any atom is 0.231 e. The molecule has 3 aromatic rings. The molecule has 0 spiro atoms. The number of H-pyrrole nitrogens is 1. The van der Waals surface area contributed by atoms with Gasteiger partial charge in [0.15, 0.2) is 0 Å². The maximum atomic E-state index is 13.5. The van der Waals surface area contributed by atoms with E-state index in [9.17, 15) is 14.7 Å². The summed E-state index contributed by atoms with van der Waals surface area (Å²) >= 11 is 0. The summed E-state index contributed by atoms with van der Waals surface area (Å²) in [5.74, 6) is 4.79. The van der Waals surface area contributed by atoms with Gasteiger partial charge in [0.05, 0.1) is 34.2 Å². The average Bonchev–Trinajstić information content (AvgIpc) is 3.38. The number of nitrogens with zero attached hydrogens (tertiary/aromatic N) is 2. The molecule has 2 aromatic heterocycles. The SMILES string of the molecule is O=C(Nc1ccc(-c2nc3cc(NC(=O)C45CC6CC(C4)C(O)C(C6)C5)ncc3[nH]2)cc1)C12CC3CC(CC(C3)C1)C2. The standard InChI is InChI=1S/C34H39N5O3/c40-29-23-8-21-9-24(29)16-34(14-21,15-23)32(42)39-28-10-26-27(17-35-28)38-30(37-26)22-1-3-25(4-2-22)36-31(41)33-11-18-5-19(12-33)7-20(6-18)13-33/h1-4,10,17-21,23-24,29,40H,5-9,11-16H2,(H,36,41)(H,37,38)(H,35,39,42). The third kappa shape index (κ3) is 3.90. The molecule has 8 heteroatoms. The highest BCUT2D eigenvalue weighted by atomic mass is 16.3. The highest BCUT2D eigenvalue weighted by Crippen LogP contribution is 2.61. The fourth-order valence-electron chi connectivity index (χ4n) is 11.0. The number of aliphatic hydroxyl groups excluding tert-OH is 1. The van der Waals surface area contributed by atoms with Crippen molar-refractivity contribution in [3.05, 3.63) is 36.5 Å². The number of hydrogen-bond acceptors (Lipinski definition) is 5. The predicted octanol–water partition coefficient (Wildman–Crippen LogP) is 5.91. The van der Waals surface area contributed by atoms with Crippen molar-refractivity contribution in [2.45, 2.75) is 76.7 Å². The second-order valence-electron chi connectivity index (χ2n) is 15.1. The number of rotatable bonds is 5. The van der Waals surface area contributed by atoms with Crippen LogP contribution < -0.4 is 10.6 Å². The number of aromatic nitrogens is 3. The summed E-state index contributed by atoms with van der Waals surface area (Å²) in [5.41, 5.74) is 2.77. The first-order valence-electron chi connectivity index (χ1n) is 16.1. The molecule has 42 heavy (non-hydrogen) atoms. The number of aliphatic hydroxyl groups is 1. The predicted molar refractivity (Wildman–Crippen MR) is 159 cm³/mol.